The molecule has 3 rings (SSSR count). The molecule has 1 aliphatic carbocycles. The first kappa shape index (κ1) is 25.3. The van der Waals surface area contributed by atoms with E-state index in [0.717, 1.165) is 13.1 Å². The highest BCUT2D eigenvalue weighted by Gasteiger charge is 2.47. The SMILES string of the molecule is C[C@@H](N)C(=O)N1CCC2(CC1)CN(CCN(C)C1CCCCC1)C(=O)O2.Cl.Cl. The van der Waals surface area contributed by atoms with Crippen LogP contribution in [0, 0.1) is 0 Å². The Morgan fingerprint density at radius 2 is 1.86 bits per heavy atom. The van der Waals surface area contributed by atoms with Crippen molar-refractivity contribution in [3.8, 4) is 0 Å². The molecule has 3 fully saturated rings. The van der Waals surface area contributed by atoms with E-state index in [1.165, 1.54) is 32.1 Å². The third kappa shape index (κ3) is 5.88. The van der Waals surface area contributed by atoms with E-state index >= 15 is 0 Å². The fraction of sp³-hybridized carbons (Fsp3) is 0.895. The van der Waals surface area contributed by atoms with Crippen LogP contribution >= 0.6 is 24.8 Å². The van der Waals surface area contributed by atoms with Crippen molar-refractivity contribution in [2.45, 2.75) is 69.6 Å². The molecule has 3 aliphatic rings. The van der Waals surface area contributed by atoms with Crippen LogP contribution in [0.1, 0.15) is 51.9 Å². The van der Waals surface area contributed by atoms with Crippen molar-refractivity contribution in [2.24, 2.45) is 5.73 Å². The van der Waals surface area contributed by atoms with Crippen LogP contribution in [0.5, 0.6) is 0 Å². The highest BCUT2D eigenvalue weighted by atomic mass is 35.5. The van der Waals surface area contributed by atoms with Crippen molar-refractivity contribution >= 4 is 36.8 Å². The Bertz CT molecular complexity index is 521. The molecule has 2 N–H and O–H groups in total. The van der Waals surface area contributed by atoms with Crippen LogP contribution in [-0.2, 0) is 9.53 Å². The second-order valence-corrected chi connectivity index (χ2v) is 8.36. The maximum Gasteiger partial charge on any atom is 0.410 e. The van der Waals surface area contributed by atoms with Gasteiger partial charge in [-0.15, -0.1) is 24.8 Å². The van der Waals surface area contributed by atoms with Gasteiger partial charge >= 0.3 is 6.09 Å². The molecule has 0 aromatic heterocycles. The molecular formula is C19H36Cl2N4O3. The number of piperidine rings is 1. The van der Waals surface area contributed by atoms with Crippen LogP contribution in [0.25, 0.3) is 0 Å². The second-order valence-electron chi connectivity index (χ2n) is 8.36. The fourth-order valence-electron chi connectivity index (χ4n) is 4.53. The Balaban J connectivity index is 0.00000196. The van der Waals surface area contributed by atoms with Crippen molar-refractivity contribution in [1.82, 2.24) is 14.7 Å². The summed E-state index contributed by atoms with van der Waals surface area (Å²) in [6.45, 7) is 5.20. The highest BCUT2D eigenvalue weighted by Crippen LogP contribution is 2.33. The third-order valence-electron chi connectivity index (χ3n) is 6.34. The van der Waals surface area contributed by atoms with E-state index in [4.69, 9.17) is 10.5 Å². The molecule has 1 atom stereocenters. The van der Waals surface area contributed by atoms with E-state index in [0.29, 0.717) is 38.5 Å². The standard InChI is InChI=1S/C19H34N4O3.2ClH/c1-15(20)17(24)22-10-8-19(9-11-22)14-23(18(25)26-19)13-12-21(2)16-6-4-3-5-7-16;;/h15-16H,3-14,20H2,1-2H3;2*1H/t15-;;/m1../s1. The maximum absolute atomic E-state index is 12.3. The number of hydrogen-bond donors (Lipinski definition) is 1. The van der Waals surface area contributed by atoms with Gasteiger partial charge in [-0.05, 0) is 26.8 Å². The van der Waals surface area contributed by atoms with Gasteiger partial charge in [0.05, 0.1) is 12.6 Å². The Labute approximate surface area is 181 Å². The zero-order chi connectivity index (χ0) is 18.7. The van der Waals surface area contributed by atoms with Crippen LogP contribution in [0.4, 0.5) is 4.79 Å². The zero-order valence-electron chi connectivity index (χ0n) is 17.1. The molecule has 0 radical (unpaired) electrons. The highest BCUT2D eigenvalue weighted by molar-refractivity contribution is 5.85. The summed E-state index contributed by atoms with van der Waals surface area (Å²) < 4.78 is 5.77. The molecule has 7 nitrogen and oxygen atoms in total. The van der Waals surface area contributed by atoms with Crippen LogP contribution in [0.3, 0.4) is 0 Å². The number of likely N-dealkylation sites (tertiary alicyclic amines) is 1. The fourth-order valence-corrected chi connectivity index (χ4v) is 4.53. The predicted molar refractivity (Wildman–Crippen MR) is 114 cm³/mol. The topological polar surface area (TPSA) is 79.1 Å². The summed E-state index contributed by atoms with van der Waals surface area (Å²) in [4.78, 5) is 30.4. The van der Waals surface area contributed by atoms with Crippen molar-refractivity contribution in [3.63, 3.8) is 0 Å². The molecule has 0 bridgehead atoms. The number of carbonyl (C=O) groups is 2. The average Bonchev–Trinajstić information content (AvgIpc) is 2.95. The predicted octanol–water partition coefficient (Wildman–Crippen LogP) is 2.26. The van der Waals surface area contributed by atoms with Crippen molar-refractivity contribution < 1.29 is 14.3 Å². The van der Waals surface area contributed by atoms with Gasteiger partial charge in [-0.1, -0.05) is 19.3 Å². The first-order valence-corrected chi connectivity index (χ1v) is 10.1. The summed E-state index contributed by atoms with van der Waals surface area (Å²) in [5.41, 5.74) is 5.27. The lowest BCUT2D eigenvalue weighted by molar-refractivity contribution is -0.135. The van der Waals surface area contributed by atoms with Crippen LogP contribution in [-0.4, -0.2) is 84.2 Å². The number of carbonyl (C=O) groups excluding carboxylic acids is 2. The summed E-state index contributed by atoms with van der Waals surface area (Å²) in [5, 5.41) is 0. The van der Waals surface area contributed by atoms with Gasteiger partial charge in [0.15, 0.2) is 0 Å². The number of likely N-dealkylation sites (N-methyl/N-ethyl adjacent to an activating group) is 1. The molecule has 0 aromatic carbocycles. The Morgan fingerprint density at radius 1 is 1.25 bits per heavy atom. The molecule has 0 aromatic rings. The summed E-state index contributed by atoms with van der Waals surface area (Å²) in [5.74, 6) is -0.0184. The van der Waals surface area contributed by atoms with Gasteiger partial charge in [-0.2, -0.15) is 0 Å². The lowest BCUT2D eigenvalue weighted by atomic mass is 9.91. The van der Waals surface area contributed by atoms with Gasteiger partial charge in [0.1, 0.15) is 5.60 Å². The minimum Gasteiger partial charge on any atom is -0.441 e. The van der Waals surface area contributed by atoms with Crippen molar-refractivity contribution in [3.05, 3.63) is 0 Å². The average molecular weight is 439 g/mol. The summed E-state index contributed by atoms with van der Waals surface area (Å²) in [7, 11) is 2.17. The summed E-state index contributed by atoms with van der Waals surface area (Å²) in [6, 6.07) is 0.186. The van der Waals surface area contributed by atoms with Crippen molar-refractivity contribution in [1.29, 1.82) is 0 Å². The van der Waals surface area contributed by atoms with E-state index in [9.17, 15) is 9.59 Å². The van der Waals surface area contributed by atoms with E-state index < -0.39 is 11.6 Å². The molecule has 2 aliphatic heterocycles. The quantitative estimate of drug-likeness (QED) is 0.711. The molecular weight excluding hydrogens is 403 g/mol. The van der Waals surface area contributed by atoms with Gasteiger partial charge in [0.2, 0.25) is 5.91 Å². The largest absolute Gasteiger partial charge is 0.441 e. The number of ether oxygens (including phenoxy) is 1. The van der Waals surface area contributed by atoms with E-state index in [-0.39, 0.29) is 36.8 Å². The molecule has 2 saturated heterocycles. The van der Waals surface area contributed by atoms with Crippen LogP contribution in [0.2, 0.25) is 0 Å². The molecule has 164 valence electrons. The van der Waals surface area contributed by atoms with Gasteiger partial charge in [0, 0.05) is 45.1 Å². The first-order chi connectivity index (χ1) is 12.4. The van der Waals surface area contributed by atoms with Crippen LogP contribution in [0.15, 0.2) is 0 Å². The Kier molecular flexibility index (Phi) is 9.80. The third-order valence-corrected chi connectivity index (χ3v) is 6.34. The Morgan fingerprint density at radius 3 is 2.43 bits per heavy atom. The summed E-state index contributed by atoms with van der Waals surface area (Å²) >= 11 is 0. The monoisotopic (exact) mass is 438 g/mol. The van der Waals surface area contributed by atoms with E-state index in [1.807, 2.05) is 4.90 Å². The molecule has 0 unspecified atom stereocenters. The molecule has 2 heterocycles. The van der Waals surface area contributed by atoms with Crippen molar-refractivity contribution in [2.75, 3.05) is 39.8 Å². The molecule has 28 heavy (non-hydrogen) atoms. The summed E-state index contributed by atoms with van der Waals surface area (Å²) in [6.07, 6.45) is 7.74. The van der Waals surface area contributed by atoms with Gasteiger partial charge in [-0.3, -0.25) is 4.79 Å². The van der Waals surface area contributed by atoms with E-state index in [1.54, 1.807) is 11.8 Å². The number of nitrogens with zero attached hydrogens (tertiary/aromatic N) is 3. The van der Waals surface area contributed by atoms with E-state index in [2.05, 4.69) is 11.9 Å². The smallest absolute Gasteiger partial charge is 0.410 e. The minimum atomic E-state index is -0.470. The number of halogens is 2. The first-order valence-electron chi connectivity index (χ1n) is 10.1. The normalized spacial score (nSPS) is 23.2. The number of nitrogens with two attached hydrogens (primary N) is 1. The second kappa shape index (κ2) is 10.9. The number of rotatable bonds is 5. The molecule has 1 spiro atoms. The lowest BCUT2D eigenvalue weighted by Gasteiger charge is -2.38. The van der Waals surface area contributed by atoms with Crippen LogP contribution < -0.4 is 5.73 Å². The van der Waals surface area contributed by atoms with Gasteiger partial charge < -0.3 is 25.2 Å². The minimum absolute atomic E-state index is 0. The van der Waals surface area contributed by atoms with Gasteiger partial charge in [0.25, 0.3) is 0 Å². The maximum atomic E-state index is 12.3. The Hall–Kier alpha value is -0.760. The molecule has 1 saturated carbocycles. The van der Waals surface area contributed by atoms with Gasteiger partial charge in [-0.25, -0.2) is 4.79 Å². The number of hydrogen-bond acceptors (Lipinski definition) is 5. The lowest BCUT2D eigenvalue weighted by Crippen LogP contribution is -2.52. The zero-order valence-corrected chi connectivity index (χ0v) is 18.7. The molecule has 9 heteroatoms. The number of amides is 2. The molecule has 2 amide bonds.